The summed E-state index contributed by atoms with van der Waals surface area (Å²) < 4.78 is 6.30. The highest BCUT2D eigenvalue weighted by Gasteiger charge is 2.37. The normalized spacial score (nSPS) is 13.1. The number of imide groups is 1. The first kappa shape index (κ1) is 20.4. The summed E-state index contributed by atoms with van der Waals surface area (Å²) >= 11 is 7.56. The number of carbonyl (C=O) groups is 3. The summed E-state index contributed by atoms with van der Waals surface area (Å²) in [5.41, 5.74) is 2.12. The summed E-state index contributed by atoms with van der Waals surface area (Å²) in [4.78, 5) is 45.9. The summed E-state index contributed by atoms with van der Waals surface area (Å²) in [5, 5.41) is 1.02. The number of nitrogens with zero attached hydrogens (tertiary/aromatic N) is 3. The van der Waals surface area contributed by atoms with E-state index in [9.17, 15) is 14.4 Å². The highest BCUT2D eigenvalue weighted by atomic mass is 35.5. The minimum absolute atomic E-state index is 0.113. The van der Waals surface area contributed by atoms with Crippen LogP contribution in [0, 0.1) is 6.92 Å². The molecule has 1 aliphatic rings. The highest BCUT2D eigenvalue weighted by Crippen LogP contribution is 2.34. The number of anilines is 1. The molecule has 160 valence electrons. The molecule has 0 atom stereocenters. The van der Waals surface area contributed by atoms with Crippen LogP contribution >= 0.6 is 22.9 Å². The molecule has 2 aromatic heterocycles. The lowest BCUT2D eigenvalue weighted by Gasteiger charge is -2.21. The van der Waals surface area contributed by atoms with Gasteiger partial charge in [-0.05, 0) is 48.9 Å². The van der Waals surface area contributed by atoms with Crippen molar-refractivity contribution in [3.8, 4) is 0 Å². The van der Waals surface area contributed by atoms with Gasteiger partial charge in [0.2, 0.25) is 5.91 Å². The summed E-state index contributed by atoms with van der Waals surface area (Å²) in [5.74, 6) is -0.860. The maximum Gasteiger partial charge on any atom is 0.262 e. The maximum absolute atomic E-state index is 13.4. The van der Waals surface area contributed by atoms with Gasteiger partial charge in [-0.3, -0.25) is 24.2 Å². The van der Waals surface area contributed by atoms with Crippen LogP contribution in [0.5, 0.6) is 0 Å². The molecule has 9 heteroatoms. The number of furan rings is 1. The van der Waals surface area contributed by atoms with Crippen molar-refractivity contribution >= 4 is 56.0 Å². The first-order valence-electron chi connectivity index (χ1n) is 9.77. The van der Waals surface area contributed by atoms with Crippen LogP contribution < -0.4 is 4.90 Å². The van der Waals surface area contributed by atoms with Crippen LogP contribution in [0.15, 0.2) is 59.2 Å². The average molecular weight is 466 g/mol. The lowest BCUT2D eigenvalue weighted by molar-refractivity contribution is -0.119. The Morgan fingerprint density at radius 1 is 1.09 bits per heavy atom. The molecule has 0 bridgehead atoms. The molecule has 0 fully saturated rings. The fraction of sp³-hybridized carbons (Fsp3) is 0.130. The van der Waals surface area contributed by atoms with Crippen LogP contribution in [0.2, 0.25) is 5.02 Å². The lowest BCUT2D eigenvalue weighted by atomic mass is 10.1. The van der Waals surface area contributed by atoms with E-state index in [1.807, 2.05) is 13.0 Å². The second-order valence-corrected chi connectivity index (χ2v) is 8.73. The number of benzene rings is 2. The van der Waals surface area contributed by atoms with E-state index >= 15 is 0 Å². The zero-order chi connectivity index (χ0) is 22.4. The number of hydrogen-bond donors (Lipinski definition) is 0. The third kappa shape index (κ3) is 3.37. The van der Waals surface area contributed by atoms with Gasteiger partial charge in [-0.1, -0.05) is 35.1 Å². The first-order valence-corrected chi connectivity index (χ1v) is 11.0. The number of thiazole rings is 1. The van der Waals surface area contributed by atoms with Crippen LogP contribution in [0.4, 0.5) is 5.13 Å². The minimum Gasteiger partial charge on any atom is -0.467 e. The van der Waals surface area contributed by atoms with Gasteiger partial charge in [0.25, 0.3) is 11.8 Å². The molecule has 32 heavy (non-hydrogen) atoms. The molecule has 3 heterocycles. The minimum atomic E-state index is -0.483. The zero-order valence-corrected chi connectivity index (χ0v) is 18.4. The number of carbonyl (C=O) groups excluding carboxylic acids is 3. The molecule has 0 unspecified atom stereocenters. The molecule has 0 saturated carbocycles. The van der Waals surface area contributed by atoms with Crippen LogP contribution in [0.25, 0.3) is 10.2 Å². The number of fused-ring (bicyclic) bond motifs is 2. The van der Waals surface area contributed by atoms with Gasteiger partial charge in [0.05, 0.1) is 34.2 Å². The molecule has 2 aromatic carbocycles. The average Bonchev–Trinajstić information content (AvgIpc) is 3.51. The quantitative estimate of drug-likeness (QED) is 0.399. The molecular weight excluding hydrogens is 450 g/mol. The van der Waals surface area contributed by atoms with Crippen molar-refractivity contribution in [1.82, 2.24) is 9.88 Å². The Bertz CT molecular complexity index is 1340. The van der Waals surface area contributed by atoms with Crippen LogP contribution in [0.3, 0.4) is 0 Å². The number of halogens is 1. The van der Waals surface area contributed by atoms with Gasteiger partial charge >= 0.3 is 0 Å². The molecule has 4 aromatic rings. The van der Waals surface area contributed by atoms with Gasteiger partial charge in [-0.25, -0.2) is 4.98 Å². The van der Waals surface area contributed by atoms with Crippen molar-refractivity contribution in [2.45, 2.75) is 13.5 Å². The Labute approximate surface area is 191 Å². The maximum atomic E-state index is 13.4. The Morgan fingerprint density at radius 2 is 1.81 bits per heavy atom. The smallest absolute Gasteiger partial charge is 0.262 e. The third-order valence-corrected chi connectivity index (χ3v) is 6.79. The fourth-order valence-corrected chi connectivity index (χ4v) is 4.82. The van der Waals surface area contributed by atoms with E-state index in [2.05, 4.69) is 4.98 Å². The van der Waals surface area contributed by atoms with Crippen molar-refractivity contribution in [1.29, 1.82) is 0 Å². The van der Waals surface area contributed by atoms with Crippen LogP contribution in [0.1, 0.15) is 32.0 Å². The number of aryl methyl sites for hydroxylation is 1. The van der Waals surface area contributed by atoms with Gasteiger partial charge in [-0.2, -0.15) is 0 Å². The SMILES string of the molecule is Cc1c(Cl)ccc2sc(N(Cc3ccco3)C(=O)CN3C(=O)c4ccccc4C3=O)nc12. The Morgan fingerprint density at radius 3 is 2.47 bits per heavy atom. The number of aromatic nitrogens is 1. The topological polar surface area (TPSA) is 83.7 Å². The molecular formula is C23H16ClN3O4S. The fourth-order valence-electron chi connectivity index (χ4n) is 3.63. The van der Waals surface area contributed by atoms with Crippen molar-refractivity contribution in [3.63, 3.8) is 0 Å². The second kappa shape index (κ2) is 7.89. The van der Waals surface area contributed by atoms with E-state index in [1.54, 1.807) is 42.5 Å². The lowest BCUT2D eigenvalue weighted by Crippen LogP contribution is -2.42. The van der Waals surface area contributed by atoms with Crippen LogP contribution in [-0.2, 0) is 11.3 Å². The predicted octanol–water partition coefficient (Wildman–Crippen LogP) is 4.68. The largest absolute Gasteiger partial charge is 0.467 e. The first-order chi connectivity index (χ1) is 15.4. The summed E-state index contributed by atoms with van der Waals surface area (Å²) in [6, 6.07) is 13.7. The number of amides is 3. The summed E-state index contributed by atoms with van der Waals surface area (Å²) in [6.07, 6.45) is 1.52. The van der Waals surface area contributed by atoms with E-state index in [4.69, 9.17) is 16.0 Å². The molecule has 0 saturated heterocycles. The Hall–Kier alpha value is -3.49. The zero-order valence-electron chi connectivity index (χ0n) is 16.9. The molecule has 0 radical (unpaired) electrons. The van der Waals surface area contributed by atoms with Gasteiger partial charge in [0.1, 0.15) is 12.3 Å². The monoisotopic (exact) mass is 465 g/mol. The predicted molar refractivity (Wildman–Crippen MR) is 121 cm³/mol. The molecule has 7 nitrogen and oxygen atoms in total. The summed E-state index contributed by atoms with van der Waals surface area (Å²) in [7, 11) is 0. The third-order valence-electron chi connectivity index (χ3n) is 5.33. The van der Waals surface area contributed by atoms with E-state index in [0.717, 1.165) is 15.2 Å². The van der Waals surface area contributed by atoms with Gasteiger partial charge in [0, 0.05) is 5.02 Å². The Kier molecular flexibility index (Phi) is 5.03. The van der Waals surface area contributed by atoms with Gasteiger partial charge in [-0.15, -0.1) is 0 Å². The van der Waals surface area contributed by atoms with E-state index in [0.29, 0.717) is 32.6 Å². The highest BCUT2D eigenvalue weighted by molar-refractivity contribution is 7.22. The molecule has 3 amide bonds. The molecule has 0 spiro atoms. The van der Waals surface area contributed by atoms with E-state index in [-0.39, 0.29) is 6.54 Å². The van der Waals surface area contributed by atoms with Crippen molar-refractivity contribution in [3.05, 3.63) is 82.3 Å². The Balaban J connectivity index is 1.49. The van der Waals surface area contributed by atoms with Crippen molar-refractivity contribution in [2.24, 2.45) is 0 Å². The van der Waals surface area contributed by atoms with Crippen molar-refractivity contribution < 1.29 is 18.8 Å². The van der Waals surface area contributed by atoms with Crippen molar-refractivity contribution in [2.75, 3.05) is 11.4 Å². The second-order valence-electron chi connectivity index (χ2n) is 7.32. The molecule has 0 N–H and O–H groups in total. The van der Waals surface area contributed by atoms with Crippen LogP contribution in [-0.4, -0.2) is 34.2 Å². The van der Waals surface area contributed by atoms with Gasteiger partial charge < -0.3 is 4.42 Å². The van der Waals surface area contributed by atoms with E-state index < -0.39 is 24.3 Å². The standard InChI is InChI=1S/C23H16ClN3O4S/c1-13-17(24)8-9-18-20(13)25-23(32-18)26(11-14-5-4-10-31-14)19(28)12-27-21(29)15-6-2-3-7-16(15)22(27)30/h2-10H,11-12H2,1H3. The summed E-state index contributed by atoms with van der Waals surface area (Å²) in [6.45, 7) is 1.58. The van der Waals surface area contributed by atoms with Gasteiger partial charge in [0.15, 0.2) is 5.13 Å². The number of hydrogen-bond acceptors (Lipinski definition) is 6. The molecule has 1 aliphatic heterocycles. The molecule has 0 aliphatic carbocycles. The molecule has 5 rings (SSSR count). The number of rotatable bonds is 5. The van der Waals surface area contributed by atoms with E-state index in [1.165, 1.54) is 22.5 Å².